The summed E-state index contributed by atoms with van der Waals surface area (Å²) >= 11 is 0. The van der Waals surface area contributed by atoms with Crippen LogP contribution in [0, 0.1) is 35.5 Å². The highest BCUT2D eigenvalue weighted by atomic mass is 16.6. The molecule has 3 N–H and O–H groups in total. The quantitative estimate of drug-likeness (QED) is 0.0527. The number of aromatic nitrogens is 4. The number of methoxy groups -OCH3 is 1. The third-order valence-corrected chi connectivity index (χ3v) is 14.1. The first-order valence-corrected chi connectivity index (χ1v) is 24.0. The smallest absolute Gasteiger partial charge is 0.326 e. The molecule has 1 amide bonds. The van der Waals surface area contributed by atoms with Crippen LogP contribution in [0.1, 0.15) is 151 Å². The highest BCUT2D eigenvalue weighted by Gasteiger charge is 2.52. The van der Waals surface area contributed by atoms with Crippen LogP contribution < -0.4 is 0 Å². The molecule has 3 aliphatic rings. The van der Waals surface area contributed by atoms with Crippen molar-refractivity contribution >= 4 is 29.2 Å². The van der Waals surface area contributed by atoms with Crippen LogP contribution in [-0.2, 0) is 33.4 Å². The summed E-state index contributed by atoms with van der Waals surface area (Å²) in [5, 5.41) is 43.5. The van der Waals surface area contributed by atoms with E-state index in [0.717, 1.165) is 42.6 Å². The second kappa shape index (κ2) is 25.7. The number of carboxylic acid groups (broad SMARTS) is 1. The van der Waals surface area contributed by atoms with Crippen molar-refractivity contribution in [3.63, 3.8) is 0 Å². The van der Waals surface area contributed by atoms with Gasteiger partial charge in [-0.15, -0.1) is 5.10 Å². The van der Waals surface area contributed by atoms with Gasteiger partial charge in [-0.1, -0.05) is 76.6 Å². The summed E-state index contributed by atoms with van der Waals surface area (Å²) in [6.07, 6.45) is 21.6. The van der Waals surface area contributed by atoms with E-state index in [0.29, 0.717) is 68.8 Å². The van der Waals surface area contributed by atoms with Crippen molar-refractivity contribution in [2.24, 2.45) is 35.5 Å². The number of hydrogen-bond acceptors (Lipinski definition) is 12. The van der Waals surface area contributed by atoms with Gasteiger partial charge < -0.3 is 29.7 Å². The minimum atomic E-state index is -2.30. The van der Waals surface area contributed by atoms with Gasteiger partial charge in [0.1, 0.15) is 23.9 Å². The van der Waals surface area contributed by atoms with Gasteiger partial charge in [0, 0.05) is 44.2 Å². The number of aliphatic hydroxyl groups excluding tert-OH is 1. The SMILES string of the molecule is COC1CC(C[C@@H](C)CCC(=O)[C@H](C)/C=C(\C)C(O)CC(=O)C(C)C[C@H](C)/C=C/C=C/C=C(\C)CC[C@@H]2CCC(C)C(O)(C(=O)C(=O)N3CCCCC3C(=O)O)O2)CCC1n1cnnn1. The Morgan fingerprint density at radius 3 is 2.42 bits per heavy atom. The number of aliphatic carboxylic acids is 1. The molecule has 0 aromatic carbocycles. The summed E-state index contributed by atoms with van der Waals surface area (Å²) in [5.74, 6) is -5.62. The third kappa shape index (κ3) is 15.7. The van der Waals surface area contributed by atoms with Crippen LogP contribution in [0.4, 0.5) is 0 Å². The minimum Gasteiger partial charge on any atom is -0.480 e. The zero-order chi connectivity index (χ0) is 47.8. The van der Waals surface area contributed by atoms with E-state index in [2.05, 4.69) is 22.4 Å². The van der Waals surface area contributed by atoms with Crippen molar-refractivity contribution in [2.75, 3.05) is 13.7 Å². The molecule has 0 spiro atoms. The van der Waals surface area contributed by atoms with Crippen LogP contribution >= 0.6 is 0 Å². The first-order valence-electron chi connectivity index (χ1n) is 24.0. The fourth-order valence-electron chi connectivity index (χ4n) is 9.77. The maximum atomic E-state index is 13.3. The second-order valence-electron chi connectivity index (χ2n) is 19.6. The molecule has 15 nitrogen and oxygen atoms in total. The van der Waals surface area contributed by atoms with E-state index in [1.54, 1.807) is 38.0 Å². The van der Waals surface area contributed by atoms with Gasteiger partial charge in [0.05, 0.1) is 24.4 Å². The fourth-order valence-corrected chi connectivity index (χ4v) is 9.77. The van der Waals surface area contributed by atoms with E-state index in [9.17, 15) is 39.3 Å². The number of ether oxygens (including phenoxy) is 2. The number of carbonyl (C=O) groups is 5. The van der Waals surface area contributed by atoms with Gasteiger partial charge in [-0.05, 0) is 131 Å². The lowest BCUT2D eigenvalue weighted by Gasteiger charge is -2.42. The summed E-state index contributed by atoms with van der Waals surface area (Å²) < 4.78 is 13.5. The maximum Gasteiger partial charge on any atom is 0.326 e. The van der Waals surface area contributed by atoms with Gasteiger partial charge in [0.25, 0.3) is 11.7 Å². The molecule has 65 heavy (non-hydrogen) atoms. The Kier molecular flexibility index (Phi) is 21.1. The first kappa shape index (κ1) is 53.4. The number of amides is 1. The van der Waals surface area contributed by atoms with Gasteiger partial charge in [-0.3, -0.25) is 19.2 Å². The topological polar surface area (TPSA) is 211 Å². The number of aliphatic hydroxyl groups is 2. The molecule has 1 saturated carbocycles. The number of hydrogen-bond donors (Lipinski definition) is 3. The molecule has 0 radical (unpaired) electrons. The summed E-state index contributed by atoms with van der Waals surface area (Å²) in [6, 6.07) is -0.946. The molecule has 0 bridgehead atoms. The van der Waals surface area contributed by atoms with Crippen LogP contribution in [0.5, 0.6) is 0 Å². The lowest BCUT2D eigenvalue weighted by molar-refractivity contribution is -0.263. The van der Waals surface area contributed by atoms with Gasteiger partial charge in [-0.2, -0.15) is 0 Å². The number of carbonyl (C=O) groups excluding carboxylic acids is 4. The van der Waals surface area contributed by atoms with E-state index in [1.165, 1.54) is 0 Å². The minimum absolute atomic E-state index is 0.00441. The Balaban J connectivity index is 1.14. The summed E-state index contributed by atoms with van der Waals surface area (Å²) in [4.78, 5) is 65.5. The average Bonchev–Trinajstić information content (AvgIpc) is 3.82. The molecule has 3 fully saturated rings. The van der Waals surface area contributed by atoms with Crippen molar-refractivity contribution in [2.45, 2.75) is 181 Å². The highest BCUT2D eigenvalue weighted by molar-refractivity contribution is 6.39. The van der Waals surface area contributed by atoms with Crippen molar-refractivity contribution in [1.82, 2.24) is 25.1 Å². The number of carboxylic acids is 1. The maximum absolute atomic E-state index is 13.3. The van der Waals surface area contributed by atoms with E-state index < -0.39 is 47.6 Å². The number of piperidine rings is 1. The van der Waals surface area contributed by atoms with Crippen LogP contribution in [-0.4, -0.2) is 113 Å². The lowest BCUT2D eigenvalue weighted by Crippen LogP contribution is -2.60. The largest absolute Gasteiger partial charge is 0.480 e. The molecule has 4 rings (SSSR count). The summed E-state index contributed by atoms with van der Waals surface area (Å²) in [6.45, 7) is 13.6. The first-order chi connectivity index (χ1) is 30.8. The van der Waals surface area contributed by atoms with E-state index in [-0.39, 0.29) is 60.9 Å². The number of rotatable bonds is 24. The van der Waals surface area contributed by atoms with Gasteiger partial charge in [0.15, 0.2) is 0 Å². The molecule has 362 valence electrons. The molecule has 8 unspecified atom stereocenters. The molecule has 12 atom stereocenters. The molecule has 1 aromatic rings. The summed E-state index contributed by atoms with van der Waals surface area (Å²) in [7, 11) is 1.74. The van der Waals surface area contributed by atoms with Gasteiger partial charge in [-0.25, -0.2) is 9.48 Å². The number of nitrogens with zero attached hydrogens (tertiary/aromatic N) is 5. The number of Topliss-reactive ketones (excluding diaryl/α,β-unsaturated/α-hetero) is 3. The number of allylic oxidation sites excluding steroid dienone is 7. The molecule has 1 aliphatic carbocycles. The summed E-state index contributed by atoms with van der Waals surface area (Å²) in [5.41, 5.74) is 1.70. The molecular formula is C50H77N5O10. The Morgan fingerprint density at radius 1 is 0.969 bits per heavy atom. The van der Waals surface area contributed by atoms with Crippen molar-refractivity contribution < 1.29 is 48.8 Å². The van der Waals surface area contributed by atoms with Crippen molar-refractivity contribution in [3.05, 3.63) is 53.9 Å². The zero-order valence-corrected chi connectivity index (χ0v) is 40.1. The zero-order valence-electron chi connectivity index (χ0n) is 40.1. The number of ketones is 3. The third-order valence-electron chi connectivity index (χ3n) is 14.1. The van der Waals surface area contributed by atoms with Crippen LogP contribution in [0.2, 0.25) is 0 Å². The Bertz CT molecular complexity index is 1860. The molecule has 2 aliphatic heterocycles. The van der Waals surface area contributed by atoms with Crippen LogP contribution in [0.25, 0.3) is 0 Å². The number of tetrazole rings is 1. The van der Waals surface area contributed by atoms with Gasteiger partial charge in [0.2, 0.25) is 5.79 Å². The Labute approximate surface area is 386 Å². The predicted molar refractivity (Wildman–Crippen MR) is 246 cm³/mol. The Hall–Kier alpha value is -4.18. The van der Waals surface area contributed by atoms with E-state index >= 15 is 0 Å². The Morgan fingerprint density at radius 2 is 1.72 bits per heavy atom. The standard InChI is InChI=1S/C50H77N5O10/c1-32(17-21-40-22-19-38(7)50(63,65-40)47(59)48(60)54-25-13-12-16-42(54)49(61)62)14-10-9-11-15-33(2)26-35(4)44(57)30-45(58)37(6)28-36(5)43(56)24-18-34(3)27-39-20-23-41(46(29-39)64-8)55-31-51-52-53-55/h9-11,14-15,28,31,33-36,38-42,45-46,58,63H,12-13,16-27,29-30H2,1-8H3,(H,61,62)/b10-9+,15-11+,32-14+,37-28+/t33-,34+,35?,36-,38?,39?,40-,41?,42?,45?,46?,50?/m1/s1. The predicted octanol–water partition coefficient (Wildman–Crippen LogP) is 7.35. The second-order valence-corrected chi connectivity index (χ2v) is 19.6. The van der Waals surface area contributed by atoms with Crippen LogP contribution in [0.3, 0.4) is 0 Å². The number of likely N-dealkylation sites (tertiary alicyclic amines) is 1. The fraction of sp³-hybridized carbons (Fsp3) is 0.720. The van der Waals surface area contributed by atoms with E-state index in [1.807, 2.05) is 58.1 Å². The molecule has 3 heterocycles. The normalized spacial score (nSPS) is 28.2. The van der Waals surface area contributed by atoms with Crippen LogP contribution in [0.15, 0.2) is 53.9 Å². The lowest BCUT2D eigenvalue weighted by atomic mass is 9.78. The molecule has 15 heteroatoms. The molecule has 2 saturated heterocycles. The molecule has 1 aromatic heterocycles. The average molecular weight is 908 g/mol. The van der Waals surface area contributed by atoms with Crippen molar-refractivity contribution in [3.8, 4) is 0 Å². The van der Waals surface area contributed by atoms with E-state index in [4.69, 9.17) is 9.47 Å². The molecular weight excluding hydrogens is 831 g/mol. The van der Waals surface area contributed by atoms with Gasteiger partial charge >= 0.3 is 5.97 Å². The van der Waals surface area contributed by atoms with Crippen molar-refractivity contribution in [1.29, 1.82) is 0 Å². The highest BCUT2D eigenvalue weighted by Crippen LogP contribution is 2.38. The monoisotopic (exact) mass is 908 g/mol.